The van der Waals surface area contributed by atoms with Gasteiger partial charge in [-0.25, -0.2) is 0 Å². The number of halogens is 3. The summed E-state index contributed by atoms with van der Waals surface area (Å²) in [5.74, 6) is -2.36. The second kappa shape index (κ2) is 6.47. The van der Waals surface area contributed by atoms with Gasteiger partial charge in [0.2, 0.25) is 0 Å². The third kappa shape index (κ3) is 4.61. The average molecular weight is 331 g/mol. The zero-order valence-electron chi connectivity index (χ0n) is 12.3. The summed E-state index contributed by atoms with van der Waals surface area (Å²) in [5.41, 5.74) is 0.192. The van der Waals surface area contributed by atoms with Crippen LogP contribution in [0, 0.1) is 11.8 Å². The van der Waals surface area contributed by atoms with Crippen molar-refractivity contribution in [2.75, 3.05) is 13.1 Å². The molecule has 8 heteroatoms. The number of amides is 1. The minimum absolute atomic E-state index is 0.0432. The predicted molar refractivity (Wildman–Crippen MR) is 73.9 cm³/mol. The standard InChI is InChI=1S/C15H16F3NO4/c1-9-6-11(14(21)22)8-19(7-9)13(20)10-2-4-12(5-3-10)23-15(16,17)18/h2-5,9,11H,6-8H2,1H3,(H,21,22). The number of rotatable bonds is 3. The molecule has 126 valence electrons. The van der Waals surface area contributed by atoms with E-state index in [0.717, 1.165) is 12.1 Å². The molecule has 0 saturated carbocycles. The molecule has 1 aliphatic rings. The molecule has 1 aromatic carbocycles. The summed E-state index contributed by atoms with van der Waals surface area (Å²) in [6, 6.07) is 4.59. The van der Waals surface area contributed by atoms with Gasteiger partial charge in [0.25, 0.3) is 5.91 Å². The van der Waals surface area contributed by atoms with E-state index in [1.54, 1.807) is 0 Å². The molecule has 5 nitrogen and oxygen atoms in total. The van der Waals surface area contributed by atoms with Crippen LogP contribution in [0.25, 0.3) is 0 Å². The van der Waals surface area contributed by atoms with Crippen molar-refractivity contribution in [1.82, 2.24) is 4.90 Å². The van der Waals surface area contributed by atoms with Crippen molar-refractivity contribution in [3.05, 3.63) is 29.8 Å². The number of hydrogen-bond acceptors (Lipinski definition) is 3. The van der Waals surface area contributed by atoms with E-state index in [2.05, 4.69) is 4.74 Å². The van der Waals surface area contributed by atoms with Crippen molar-refractivity contribution < 1.29 is 32.6 Å². The van der Waals surface area contributed by atoms with Crippen molar-refractivity contribution in [3.63, 3.8) is 0 Å². The van der Waals surface area contributed by atoms with Gasteiger partial charge in [0.15, 0.2) is 0 Å². The molecule has 1 heterocycles. The summed E-state index contributed by atoms with van der Waals surface area (Å²) < 4.78 is 40.0. The van der Waals surface area contributed by atoms with Crippen molar-refractivity contribution in [2.24, 2.45) is 11.8 Å². The SMILES string of the molecule is CC1CC(C(=O)O)CN(C(=O)c2ccc(OC(F)(F)F)cc2)C1. The largest absolute Gasteiger partial charge is 0.573 e. The molecule has 1 aromatic rings. The molecular formula is C15H16F3NO4. The highest BCUT2D eigenvalue weighted by molar-refractivity contribution is 5.94. The number of carboxylic acids is 1. The second-order valence-electron chi connectivity index (χ2n) is 5.66. The number of carbonyl (C=O) groups excluding carboxylic acids is 1. The van der Waals surface area contributed by atoms with Crippen molar-refractivity contribution in [3.8, 4) is 5.75 Å². The molecule has 1 aliphatic heterocycles. The Morgan fingerprint density at radius 1 is 1.22 bits per heavy atom. The molecule has 1 saturated heterocycles. The Bertz CT molecular complexity index is 585. The van der Waals surface area contributed by atoms with Crippen LogP contribution < -0.4 is 4.74 Å². The molecule has 2 unspecified atom stereocenters. The molecule has 1 fully saturated rings. The summed E-state index contributed by atoms with van der Waals surface area (Å²) in [6.07, 6.45) is -4.29. The predicted octanol–water partition coefficient (Wildman–Crippen LogP) is 2.77. The number of benzene rings is 1. The molecule has 2 atom stereocenters. The van der Waals surface area contributed by atoms with Crippen LogP contribution in [0.4, 0.5) is 13.2 Å². The van der Waals surface area contributed by atoms with Crippen LogP contribution in [0.15, 0.2) is 24.3 Å². The van der Waals surface area contributed by atoms with E-state index < -0.39 is 29.9 Å². The van der Waals surface area contributed by atoms with Gasteiger partial charge in [0.1, 0.15) is 5.75 Å². The highest BCUT2D eigenvalue weighted by Crippen LogP contribution is 2.25. The summed E-state index contributed by atoms with van der Waals surface area (Å²) >= 11 is 0. The Morgan fingerprint density at radius 2 is 1.83 bits per heavy atom. The van der Waals surface area contributed by atoms with Crippen LogP contribution in [0.5, 0.6) is 5.75 Å². The van der Waals surface area contributed by atoms with Crippen molar-refractivity contribution in [1.29, 1.82) is 0 Å². The van der Waals surface area contributed by atoms with Crippen LogP contribution >= 0.6 is 0 Å². The zero-order valence-corrected chi connectivity index (χ0v) is 12.3. The van der Waals surface area contributed by atoms with Crippen LogP contribution in [-0.2, 0) is 4.79 Å². The number of alkyl halides is 3. The third-order valence-corrected chi connectivity index (χ3v) is 3.63. The minimum atomic E-state index is -4.79. The molecule has 2 rings (SSSR count). The maximum atomic E-state index is 12.4. The van der Waals surface area contributed by atoms with Gasteiger partial charge in [-0.1, -0.05) is 6.92 Å². The normalized spacial score (nSPS) is 21.8. The van der Waals surface area contributed by atoms with E-state index in [-0.39, 0.29) is 18.0 Å². The van der Waals surface area contributed by atoms with Gasteiger partial charge in [-0.3, -0.25) is 9.59 Å². The summed E-state index contributed by atoms with van der Waals surface area (Å²) in [7, 11) is 0. The fourth-order valence-electron chi connectivity index (χ4n) is 2.68. The lowest BCUT2D eigenvalue weighted by atomic mass is 9.90. The second-order valence-corrected chi connectivity index (χ2v) is 5.66. The van der Waals surface area contributed by atoms with Gasteiger partial charge >= 0.3 is 12.3 Å². The molecule has 0 spiro atoms. The Hall–Kier alpha value is -2.25. The van der Waals surface area contributed by atoms with Crippen LogP contribution in [0.3, 0.4) is 0 Å². The number of nitrogens with zero attached hydrogens (tertiary/aromatic N) is 1. The van der Waals surface area contributed by atoms with Gasteiger partial charge in [-0.15, -0.1) is 13.2 Å². The number of piperidine rings is 1. The van der Waals surface area contributed by atoms with Crippen LogP contribution in [0.2, 0.25) is 0 Å². The summed E-state index contributed by atoms with van der Waals surface area (Å²) in [6.45, 7) is 2.37. The molecule has 1 amide bonds. The molecule has 0 aliphatic carbocycles. The average Bonchev–Trinajstić information content (AvgIpc) is 2.45. The van der Waals surface area contributed by atoms with Crippen LogP contribution in [-0.4, -0.2) is 41.3 Å². The topological polar surface area (TPSA) is 66.8 Å². The van der Waals surface area contributed by atoms with E-state index in [1.807, 2.05) is 6.92 Å². The smallest absolute Gasteiger partial charge is 0.481 e. The lowest BCUT2D eigenvalue weighted by molar-refractivity contribution is -0.274. The maximum absolute atomic E-state index is 12.4. The van der Waals surface area contributed by atoms with E-state index >= 15 is 0 Å². The fourth-order valence-corrected chi connectivity index (χ4v) is 2.68. The maximum Gasteiger partial charge on any atom is 0.573 e. The molecule has 0 aromatic heterocycles. The molecular weight excluding hydrogens is 315 g/mol. The van der Waals surface area contributed by atoms with Gasteiger partial charge in [-0.2, -0.15) is 0 Å². The molecule has 0 bridgehead atoms. The first-order valence-corrected chi connectivity index (χ1v) is 7.03. The van der Waals surface area contributed by atoms with Gasteiger partial charge in [0.05, 0.1) is 5.92 Å². The van der Waals surface area contributed by atoms with E-state index in [1.165, 1.54) is 17.0 Å². The fraction of sp³-hybridized carbons (Fsp3) is 0.467. The monoisotopic (exact) mass is 331 g/mol. The lowest BCUT2D eigenvalue weighted by Crippen LogP contribution is -2.45. The van der Waals surface area contributed by atoms with Gasteiger partial charge < -0.3 is 14.7 Å². The third-order valence-electron chi connectivity index (χ3n) is 3.63. The first-order chi connectivity index (χ1) is 10.7. The number of likely N-dealkylation sites (tertiary alicyclic amines) is 1. The molecule has 23 heavy (non-hydrogen) atoms. The highest BCUT2D eigenvalue weighted by atomic mass is 19.4. The lowest BCUT2D eigenvalue weighted by Gasteiger charge is -2.34. The highest BCUT2D eigenvalue weighted by Gasteiger charge is 2.33. The van der Waals surface area contributed by atoms with Gasteiger partial charge in [0, 0.05) is 18.7 Å². The number of aliphatic carboxylic acids is 1. The van der Waals surface area contributed by atoms with E-state index in [9.17, 15) is 22.8 Å². The van der Waals surface area contributed by atoms with Crippen molar-refractivity contribution >= 4 is 11.9 Å². The first kappa shape index (κ1) is 17.1. The quantitative estimate of drug-likeness (QED) is 0.925. The van der Waals surface area contributed by atoms with Crippen molar-refractivity contribution in [2.45, 2.75) is 19.7 Å². The van der Waals surface area contributed by atoms with Gasteiger partial charge in [-0.05, 0) is 36.6 Å². The summed E-state index contributed by atoms with van der Waals surface area (Å²) in [5, 5.41) is 9.11. The number of carbonyl (C=O) groups is 2. The first-order valence-electron chi connectivity index (χ1n) is 7.03. The summed E-state index contributed by atoms with van der Waals surface area (Å²) in [4.78, 5) is 24.9. The Kier molecular flexibility index (Phi) is 4.82. The Labute approximate surface area is 130 Å². The molecule has 1 N–H and O–H groups in total. The Morgan fingerprint density at radius 3 is 2.35 bits per heavy atom. The number of hydrogen-bond donors (Lipinski definition) is 1. The zero-order chi connectivity index (χ0) is 17.2. The minimum Gasteiger partial charge on any atom is -0.481 e. The van der Waals surface area contributed by atoms with Crippen LogP contribution in [0.1, 0.15) is 23.7 Å². The molecule has 0 radical (unpaired) electrons. The van der Waals surface area contributed by atoms with E-state index in [4.69, 9.17) is 5.11 Å². The Balaban J connectivity index is 2.09. The number of ether oxygens (including phenoxy) is 1. The number of carboxylic acid groups (broad SMARTS) is 1. The van der Waals surface area contributed by atoms with E-state index in [0.29, 0.717) is 13.0 Å².